The molecule has 0 bridgehead atoms. The van der Waals surface area contributed by atoms with Crippen LogP contribution in [0.5, 0.6) is 0 Å². The zero-order valence-electron chi connectivity index (χ0n) is 58.5. The number of hydrogen-bond acceptors (Lipinski definition) is 11. The Labute approximate surface area is 575 Å². The molecule has 4 fully saturated rings. The largest absolute Gasteiger partial charge is 0.422 e. The van der Waals surface area contributed by atoms with E-state index >= 15 is 27.2 Å². The van der Waals surface area contributed by atoms with Gasteiger partial charge in [0.2, 0.25) is 65.0 Å². The minimum Gasteiger partial charge on any atom is -0.343 e. The van der Waals surface area contributed by atoms with E-state index in [0.717, 1.165) is 40.9 Å². The zero-order valence-corrected chi connectivity index (χ0v) is 58.5. The quantitative estimate of drug-likeness (QED) is 0.226. The molecule has 2 heterocycles. The number of nitrogens with one attached hydrogen (secondary N) is 3. The lowest BCUT2D eigenvalue weighted by molar-refractivity contribution is -0.153. The predicted octanol–water partition coefficient (Wildman–Crippen LogP) is 6.20. The fourth-order valence-electron chi connectivity index (χ4n) is 13.6. The van der Waals surface area contributed by atoms with Crippen LogP contribution in [0.15, 0.2) is 36.4 Å². The number of amides is 11. The van der Waals surface area contributed by atoms with Crippen LogP contribution < -0.4 is 16.0 Å². The van der Waals surface area contributed by atoms with Crippen molar-refractivity contribution in [2.24, 2.45) is 17.8 Å². The average molecular weight is 1430 g/mol. The van der Waals surface area contributed by atoms with E-state index in [2.05, 4.69) is 16.0 Å². The highest BCUT2D eigenvalue weighted by Gasteiger charge is 2.55. The van der Waals surface area contributed by atoms with Crippen molar-refractivity contribution in [1.82, 2.24) is 55.1 Å². The molecule has 0 aromatic heterocycles. The summed E-state index contributed by atoms with van der Waals surface area (Å²) >= 11 is 0. The predicted molar refractivity (Wildman–Crippen MR) is 343 cm³/mol. The number of fused-ring (bicyclic) bond motifs is 1. The lowest BCUT2D eigenvalue weighted by Gasteiger charge is -2.41. The van der Waals surface area contributed by atoms with Crippen molar-refractivity contribution in [3.8, 4) is 0 Å². The summed E-state index contributed by atoms with van der Waals surface area (Å²) in [7, 11) is 8.83. The summed E-state index contributed by atoms with van der Waals surface area (Å²) in [5.41, 5.74) is -5.67. The Bertz CT molecular complexity index is 3320. The van der Waals surface area contributed by atoms with Gasteiger partial charge in [-0.3, -0.25) is 52.7 Å². The number of carbonyl (C=O) groups is 11. The van der Waals surface area contributed by atoms with Crippen LogP contribution in [0.1, 0.15) is 140 Å². The fourth-order valence-corrected chi connectivity index (χ4v) is 13.6. The van der Waals surface area contributed by atoms with Crippen LogP contribution in [0.4, 0.5) is 43.9 Å². The third-order valence-corrected chi connectivity index (χ3v) is 19.9. The molecule has 4 aliphatic rings. The van der Waals surface area contributed by atoms with Gasteiger partial charge in [0.15, 0.2) is 0 Å². The standard InChI is InChI=1S/C68H93F10N11O11/c1-13-39(4)56-62(98)84(8)35-53(92)82(6)36-54(93)87(11)49(32-41-20-23-44(24-21-41)67(73,74)75)61(97)83(7)34-51(90)79-47(25-22-42-30-45(69)55(46(70)31-42)68(76,77)78)60(96)89-37-66(71,72)33-50(89)59(95)81-65(26-16-17-27-65)64(100)88(12)57(43-18-14-15-19-43)63(99)85(9)40(5)29-52(91)86(10)48(28-38(2)3)58(94)80-56/h20-21,23-24,30-31,38-40,43,47-50,56-57H,13-19,22,25-29,32-37H2,1-12H3,(H,79,90)(H,80,94)(H,81,95)/t39-,40+,47?,48-,49?,50-,56?,57-/m0/s1. The molecule has 0 radical (unpaired) electrons. The van der Waals surface area contributed by atoms with E-state index in [9.17, 15) is 69.5 Å². The van der Waals surface area contributed by atoms with Crippen molar-refractivity contribution in [3.63, 3.8) is 0 Å². The summed E-state index contributed by atoms with van der Waals surface area (Å²) in [6.07, 6.45) is -10.8. The fraction of sp³-hybridized carbons (Fsp3) is 0.662. The van der Waals surface area contributed by atoms with Crippen molar-refractivity contribution in [1.29, 1.82) is 0 Å². The molecule has 11 amide bonds. The van der Waals surface area contributed by atoms with Gasteiger partial charge in [0.1, 0.15) is 59.0 Å². The summed E-state index contributed by atoms with van der Waals surface area (Å²) < 4.78 is 144. The lowest BCUT2D eigenvalue weighted by atomic mass is 9.90. The van der Waals surface area contributed by atoms with Gasteiger partial charge in [-0.1, -0.05) is 71.9 Å². The summed E-state index contributed by atoms with van der Waals surface area (Å²) in [4.78, 5) is 169. The van der Waals surface area contributed by atoms with Crippen LogP contribution in [0.2, 0.25) is 0 Å². The Morgan fingerprint density at radius 3 is 1.72 bits per heavy atom. The number of benzene rings is 2. The molecule has 2 saturated carbocycles. The number of rotatable bonds is 10. The number of carbonyl (C=O) groups excluding carboxylic acids is 11. The first-order valence-corrected chi connectivity index (χ1v) is 33.5. The van der Waals surface area contributed by atoms with Crippen LogP contribution in [0.25, 0.3) is 0 Å². The van der Waals surface area contributed by atoms with Gasteiger partial charge in [0.05, 0.1) is 31.7 Å². The molecule has 6 rings (SSSR count). The average Bonchev–Trinajstić information content (AvgIpc) is 1.56. The highest BCUT2D eigenvalue weighted by molar-refractivity contribution is 5.99. The zero-order chi connectivity index (χ0) is 75.0. The van der Waals surface area contributed by atoms with Crippen molar-refractivity contribution in [2.75, 3.05) is 75.5 Å². The first kappa shape index (κ1) is 80.9. The highest BCUT2D eigenvalue weighted by atomic mass is 19.4. The summed E-state index contributed by atoms with van der Waals surface area (Å²) in [6, 6.07) is -6.40. The van der Waals surface area contributed by atoms with E-state index in [-0.39, 0.29) is 37.2 Å². The highest BCUT2D eigenvalue weighted by Crippen LogP contribution is 2.40. The Hall–Kier alpha value is -8.09. The first-order valence-electron chi connectivity index (χ1n) is 33.5. The monoisotopic (exact) mass is 1430 g/mol. The molecule has 2 aliphatic carbocycles. The molecular weight excluding hydrogens is 1340 g/mol. The molecule has 32 heteroatoms. The third kappa shape index (κ3) is 19.7. The van der Waals surface area contributed by atoms with E-state index < -0.39 is 223 Å². The minimum atomic E-state index is -5.50. The number of hydrogen-bond donors (Lipinski definition) is 3. The van der Waals surface area contributed by atoms with Gasteiger partial charge in [0.25, 0.3) is 5.92 Å². The van der Waals surface area contributed by atoms with Gasteiger partial charge in [-0.05, 0) is 105 Å². The maximum atomic E-state index is 16.0. The summed E-state index contributed by atoms with van der Waals surface area (Å²) in [5, 5.41) is 7.76. The molecule has 1 spiro atoms. The molecule has 3 unspecified atom stereocenters. The number of halogens is 10. The van der Waals surface area contributed by atoms with Crippen LogP contribution >= 0.6 is 0 Å². The Morgan fingerprint density at radius 2 is 1.17 bits per heavy atom. The second-order valence-corrected chi connectivity index (χ2v) is 27.9. The minimum absolute atomic E-state index is 0.0446. The third-order valence-electron chi connectivity index (χ3n) is 19.9. The van der Waals surface area contributed by atoms with E-state index in [4.69, 9.17) is 0 Å². The lowest BCUT2D eigenvalue weighted by Crippen LogP contribution is -2.64. The molecule has 2 aliphatic heterocycles. The first-order chi connectivity index (χ1) is 46.4. The summed E-state index contributed by atoms with van der Waals surface area (Å²) in [6.45, 7) is 4.63. The van der Waals surface area contributed by atoms with Crippen LogP contribution in [-0.4, -0.2) is 233 Å². The van der Waals surface area contributed by atoms with E-state index in [0.29, 0.717) is 79.0 Å². The second-order valence-electron chi connectivity index (χ2n) is 27.9. The van der Waals surface area contributed by atoms with E-state index in [1.807, 2.05) is 13.8 Å². The van der Waals surface area contributed by atoms with Gasteiger partial charge in [-0.15, -0.1) is 0 Å². The topological polar surface area (TPSA) is 250 Å². The molecule has 8 atom stereocenters. The number of alkyl halides is 8. The SMILES string of the molecule is CC[C@H](C)C1NC(=O)[C@H](CC(C)C)N(C)C(=O)C[C@@H](C)N(C)C(=O)[C@H](C2CCCC2)N(C)C(=O)C2(CCCC2)NC(=O)[C@@H]2CC(F)(F)CN2C(=O)C(CCc2cc(F)c(C(F)(F)F)c(F)c2)NC(=O)CN(C)C(=O)C(Cc2ccc(C(F)(F)F)cc2)N(C)C(=O)CN(C)C(=O)CN(C)C1=O. The number of aryl methyl sites for hydroxylation is 1. The molecule has 22 nitrogen and oxygen atoms in total. The molecule has 556 valence electrons. The normalized spacial score (nSPS) is 25.5. The van der Waals surface area contributed by atoms with Crippen molar-refractivity contribution in [3.05, 3.63) is 70.3 Å². The Morgan fingerprint density at radius 1 is 0.610 bits per heavy atom. The molecule has 2 aromatic carbocycles. The molecule has 3 N–H and O–H groups in total. The van der Waals surface area contributed by atoms with Crippen LogP contribution in [-0.2, 0) is 77.9 Å². The van der Waals surface area contributed by atoms with Crippen LogP contribution in [0.3, 0.4) is 0 Å². The number of nitrogens with zero attached hydrogens (tertiary/aromatic N) is 8. The summed E-state index contributed by atoms with van der Waals surface area (Å²) in [5.74, 6) is -19.4. The second kappa shape index (κ2) is 33.1. The number of likely N-dealkylation sites (N-methyl/N-ethyl adjacent to an activating group) is 7. The van der Waals surface area contributed by atoms with Crippen molar-refractivity contribution >= 4 is 65.0 Å². The van der Waals surface area contributed by atoms with E-state index in [1.54, 1.807) is 20.8 Å². The van der Waals surface area contributed by atoms with Crippen molar-refractivity contribution in [2.45, 2.75) is 197 Å². The molecule has 100 heavy (non-hydrogen) atoms. The maximum Gasteiger partial charge on any atom is 0.422 e. The van der Waals surface area contributed by atoms with Gasteiger partial charge < -0.3 is 55.1 Å². The Balaban J connectivity index is 1.44. The molecule has 2 saturated heterocycles. The van der Waals surface area contributed by atoms with Gasteiger partial charge in [-0.25, -0.2) is 17.6 Å². The smallest absolute Gasteiger partial charge is 0.343 e. The van der Waals surface area contributed by atoms with Gasteiger partial charge in [-0.2, -0.15) is 26.3 Å². The van der Waals surface area contributed by atoms with E-state index in [1.165, 1.54) is 49.9 Å². The van der Waals surface area contributed by atoms with Crippen molar-refractivity contribution < 1.29 is 96.6 Å². The van der Waals surface area contributed by atoms with Gasteiger partial charge >= 0.3 is 12.4 Å². The van der Waals surface area contributed by atoms with Crippen LogP contribution in [0, 0.1) is 29.4 Å². The molecular formula is C68H93F10N11O11. The maximum absolute atomic E-state index is 16.0. The Kier molecular flexibility index (Phi) is 26.8. The molecule has 2 aromatic rings. The van der Waals surface area contributed by atoms with Gasteiger partial charge in [0, 0.05) is 74.6 Å².